The van der Waals surface area contributed by atoms with E-state index in [1.165, 1.54) is 6.33 Å². The van der Waals surface area contributed by atoms with E-state index in [1.54, 1.807) is 6.33 Å². The summed E-state index contributed by atoms with van der Waals surface area (Å²) in [6.07, 6.45) is 3.16. The van der Waals surface area contributed by atoms with Gasteiger partial charge in [0.05, 0.1) is 18.4 Å². The van der Waals surface area contributed by atoms with E-state index in [9.17, 15) is 4.79 Å². The zero-order chi connectivity index (χ0) is 22.9. The van der Waals surface area contributed by atoms with Crippen molar-refractivity contribution in [3.63, 3.8) is 0 Å². The summed E-state index contributed by atoms with van der Waals surface area (Å²) in [6.45, 7) is 3.42. The maximum absolute atomic E-state index is 12.4. The third kappa shape index (κ3) is 3.79. The van der Waals surface area contributed by atoms with E-state index in [1.807, 2.05) is 35.8 Å². The minimum Gasteiger partial charge on any atom is -0.382 e. The number of rotatable bonds is 6. The van der Waals surface area contributed by atoms with Crippen LogP contribution in [0.5, 0.6) is 0 Å². The van der Waals surface area contributed by atoms with Crippen molar-refractivity contribution in [3.05, 3.63) is 71.9 Å². The highest BCUT2D eigenvalue weighted by Crippen LogP contribution is 2.30. The molecule has 0 unspecified atom stereocenters. The van der Waals surface area contributed by atoms with Crippen molar-refractivity contribution in [2.45, 2.75) is 20.0 Å². The van der Waals surface area contributed by atoms with Crippen LogP contribution in [0.15, 0.2) is 55.1 Å². The lowest BCUT2D eigenvalue weighted by Crippen LogP contribution is -2.22. The first-order valence-corrected chi connectivity index (χ1v) is 10.7. The summed E-state index contributed by atoms with van der Waals surface area (Å²) in [6, 6.07) is 13.9. The Hall–Kier alpha value is -4.24. The number of benzene rings is 2. The molecule has 3 heterocycles. The number of aromatic amines is 1. The van der Waals surface area contributed by atoms with Crippen LogP contribution in [-0.4, -0.2) is 37.0 Å². The first kappa shape index (κ1) is 20.7. The van der Waals surface area contributed by atoms with Crippen LogP contribution in [0, 0.1) is 0 Å². The number of nitrogens with two attached hydrogens (primary N) is 2. The number of fused-ring (bicyclic) bond motifs is 2. The topological polar surface area (TPSA) is 141 Å². The van der Waals surface area contributed by atoms with Crippen molar-refractivity contribution >= 4 is 33.8 Å². The minimum absolute atomic E-state index is 0.0881. The van der Waals surface area contributed by atoms with Gasteiger partial charge in [-0.2, -0.15) is 0 Å². The van der Waals surface area contributed by atoms with Gasteiger partial charge in [0, 0.05) is 29.7 Å². The fraction of sp³-hybridized carbons (Fsp3) is 0.167. The van der Waals surface area contributed by atoms with Crippen LogP contribution in [0.3, 0.4) is 0 Å². The Balaban J connectivity index is 1.63. The van der Waals surface area contributed by atoms with Gasteiger partial charge >= 0.3 is 0 Å². The molecular formula is C24H24N8O. The molecule has 6 N–H and O–H groups in total. The van der Waals surface area contributed by atoms with Gasteiger partial charge in [-0.25, -0.2) is 15.0 Å². The van der Waals surface area contributed by atoms with Crippen LogP contribution in [-0.2, 0) is 13.1 Å². The maximum atomic E-state index is 12.4. The normalized spacial score (nSPS) is 11.3. The van der Waals surface area contributed by atoms with Gasteiger partial charge in [0.25, 0.3) is 5.91 Å². The largest absolute Gasteiger partial charge is 0.382 e. The Kier molecular flexibility index (Phi) is 5.23. The quantitative estimate of drug-likeness (QED) is 0.320. The van der Waals surface area contributed by atoms with Gasteiger partial charge in [-0.05, 0) is 53.9 Å². The first-order valence-electron chi connectivity index (χ1n) is 10.7. The number of hydrogen-bond acceptors (Lipinski definition) is 6. The lowest BCUT2D eigenvalue weighted by atomic mass is 9.98. The second-order valence-corrected chi connectivity index (χ2v) is 7.84. The van der Waals surface area contributed by atoms with Gasteiger partial charge in [0.2, 0.25) is 0 Å². The number of H-pyrrole nitrogens is 1. The number of carbonyl (C=O) groups is 1. The van der Waals surface area contributed by atoms with E-state index in [0.29, 0.717) is 42.2 Å². The molecule has 0 atom stereocenters. The van der Waals surface area contributed by atoms with Crippen LogP contribution in [0.1, 0.15) is 28.5 Å². The predicted molar refractivity (Wildman–Crippen MR) is 128 cm³/mol. The summed E-state index contributed by atoms with van der Waals surface area (Å²) < 4.78 is 1.94. The Bertz CT molecular complexity index is 1480. The molecule has 0 fully saturated rings. The minimum atomic E-state index is -0.0881. The standard InChI is InChI=1S/C24H24N8O/c1-2-27-24(33)15-5-3-4-14(6-15)16-7-17-9-19(10-25)31-20(17)18(8-16)11-32-13-30-21-22(26)28-12-29-23(21)32/h3-9,12-13,31H,2,10-11,25H2,1H3,(H,27,33)(H2,26,28,29). The third-order valence-corrected chi connectivity index (χ3v) is 5.65. The van der Waals surface area contributed by atoms with Crippen molar-refractivity contribution in [1.29, 1.82) is 0 Å². The highest BCUT2D eigenvalue weighted by molar-refractivity contribution is 5.96. The fourth-order valence-corrected chi connectivity index (χ4v) is 4.08. The molecular weight excluding hydrogens is 416 g/mol. The number of nitrogens with one attached hydrogen (secondary N) is 2. The van der Waals surface area contributed by atoms with Gasteiger partial charge in [0.15, 0.2) is 11.5 Å². The van der Waals surface area contributed by atoms with Crippen LogP contribution < -0.4 is 16.8 Å². The Labute approximate surface area is 189 Å². The molecule has 2 aromatic carbocycles. The summed E-state index contributed by atoms with van der Waals surface area (Å²) in [7, 11) is 0. The third-order valence-electron chi connectivity index (χ3n) is 5.65. The molecule has 3 aromatic heterocycles. The lowest BCUT2D eigenvalue weighted by molar-refractivity contribution is 0.0956. The number of imidazole rings is 1. The molecule has 5 aromatic rings. The van der Waals surface area contributed by atoms with E-state index in [0.717, 1.165) is 33.3 Å². The second-order valence-electron chi connectivity index (χ2n) is 7.84. The number of nitrogens with zero attached hydrogens (tertiary/aromatic N) is 4. The molecule has 0 radical (unpaired) electrons. The number of aromatic nitrogens is 5. The summed E-state index contributed by atoms with van der Waals surface area (Å²) in [5, 5.41) is 3.90. The van der Waals surface area contributed by atoms with E-state index in [2.05, 4.69) is 43.5 Å². The molecule has 0 saturated carbocycles. The molecule has 1 amide bonds. The number of carbonyl (C=O) groups excluding carboxylic acids is 1. The van der Waals surface area contributed by atoms with E-state index in [-0.39, 0.29) is 5.91 Å². The van der Waals surface area contributed by atoms with Crippen LogP contribution >= 0.6 is 0 Å². The monoisotopic (exact) mass is 440 g/mol. The number of anilines is 1. The van der Waals surface area contributed by atoms with E-state index < -0.39 is 0 Å². The van der Waals surface area contributed by atoms with Crippen molar-refractivity contribution in [2.75, 3.05) is 12.3 Å². The first-order chi connectivity index (χ1) is 16.1. The number of amides is 1. The predicted octanol–water partition coefficient (Wildman–Crippen LogP) is 2.81. The zero-order valence-electron chi connectivity index (χ0n) is 18.2. The van der Waals surface area contributed by atoms with Crippen molar-refractivity contribution in [2.24, 2.45) is 5.73 Å². The summed E-state index contributed by atoms with van der Waals surface area (Å²) in [4.78, 5) is 28.5. The molecule has 0 aliphatic carbocycles. The smallest absolute Gasteiger partial charge is 0.251 e. The summed E-state index contributed by atoms with van der Waals surface area (Å²) in [5.74, 6) is 0.264. The maximum Gasteiger partial charge on any atom is 0.251 e. The summed E-state index contributed by atoms with van der Waals surface area (Å²) >= 11 is 0. The molecule has 0 bridgehead atoms. The average Bonchev–Trinajstić information content (AvgIpc) is 3.44. The molecule has 9 nitrogen and oxygen atoms in total. The highest BCUT2D eigenvalue weighted by atomic mass is 16.1. The molecule has 0 aliphatic rings. The van der Waals surface area contributed by atoms with Crippen molar-refractivity contribution < 1.29 is 4.79 Å². The van der Waals surface area contributed by atoms with E-state index >= 15 is 0 Å². The Morgan fingerprint density at radius 3 is 2.82 bits per heavy atom. The molecule has 0 spiro atoms. The Morgan fingerprint density at radius 2 is 2.00 bits per heavy atom. The summed E-state index contributed by atoms with van der Waals surface area (Å²) in [5.41, 5.74) is 18.7. The molecule has 0 aliphatic heterocycles. The van der Waals surface area contributed by atoms with Crippen LogP contribution in [0.4, 0.5) is 5.82 Å². The van der Waals surface area contributed by atoms with Crippen molar-refractivity contribution in [3.8, 4) is 11.1 Å². The van der Waals surface area contributed by atoms with Gasteiger partial charge in [-0.3, -0.25) is 4.79 Å². The molecule has 9 heteroatoms. The zero-order valence-corrected chi connectivity index (χ0v) is 18.2. The van der Waals surface area contributed by atoms with E-state index in [4.69, 9.17) is 11.5 Å². The molecule has 166 valence electrons. The molecule has 33 heavy (non-hydrogen) atoms. The van der Waals surface area contributed by atoms with Gasteiger partial charge in [-0.15, -0.1) is 0 Å². The molecule has 0 saturated heterocycles. The Morgan fingerprint density at radius 1 is 1.12 bits per heavy atom. The second kappa shape index (κ2) is 8.36. The molecule has 5 rings (SSSR count). The highest BCUT2D eigenvalue weighted by Gasteiger charge is 2.14. The van der Waals surface area contributed by atoms with Gasteiger partial charge < -0.3 is 26.3 Å². The fourth-order valence-electron chi connectivity index (χ4n) is 4.08. The SMILES string of the molecule is CCNC(=O)c1cccc(-c2cc(Cn3cnc4c(N)ncnc43)c3[nH]c(CN)cc3c2)c1. The van der Waals surface area contributed by atoms with Crippen LogP contribution in [0.25, 0.3) is 33.2 Å². The van der Waals surface area contributed by atoms with Crippen molar-refractivity contribution in [1.82, 2.24) is 29.8 Å². The number of hydrogen-bond donors (Lipinski definition) is 4. The average molecular weight is 441 g/mol. The number of nitrogen functional groups attached to an aromatic ring is 1. The van der Waals surface area contributed by atoms with Gasteiger partial charge in [0.1, 0.15) is 11.8 Å². The lowest BCUT2D eigenvalue weighted by Gasteiger charge is -2.11. The van der Waals surface area contributed by atoms with Crippen LogP contribution in [0.2, 0.25) is 0 Å². The van der Waals surface area contributed by atoms with Gasteiger partial charge in [-0.1, -0.05) is 12.1 Å².